The van der Waals surface area contributed by atoms with Gasteiger partial charge in [-0.1, -0.05) is 27.5 Å². The number of hydrogen-bond donors (Lipinski definition) is 1. The summed E-state index contributed by atoms with van der Waals surface area (Å²) in [5, 5.41) is 0.599. The van der Waals surface area contributed by atoms with E-state index < -0.39 is 0 Å². The summed E-state index contributed by atoms with van der Waals surface area (Å²) in [7, 11) is 0. The SMILES string of the molecule is Cc1cc(Br)ccc1Oc1ccc(Cl)cc1N. The first kappa shape index (κ1) is 12.3. The molecule has 0 aliphatic carbocycles. The second-order valence-corrected chi connectivity index (χ2v) is 5.05. The van der Waals surface area contributed by atoms with Crippen LogP contribution in [0.3, 0.4) is 0 Å². The molecule has 17 heavy (non-hydrogen) atoms. The molecule has 2 nitrogen and oxygen atoms in total. The second-order valence-electron chi connectivity index (χ2n) is 3.69. The van der Waals surface area contributed by atoms with E-state index in [1.54, 1.807) is 18.2 Å². The molecule has 0 unspecified atom stereocenters. The Kier molecular flexibility index (Phi) is 3.60. The van der Waals surface area contributed by atoms with E-state index >= 15 is 0 Å². The number of nitrogen functional groups attached to an aromatic ring is 1. The molecule has 0 bridgehead atoms. The highest BCUT2D eigenvalue weighted by molar-refractivity contribution is 9.10. The summed E-state index contributed by atoms with van der Waals surface area (Å²) < 4.78 is 6.77. The fourth-order valence-electron chi connectivity index (χ4n) is 1.46. The van der Waals surface area contributed by atoms with Crippen molar-refractivity contribution in [2.24, 2.45) is 0 Å². The van der Waals surface area contributed by atoms with Crippen molar-refractivity contribution in [1.29, 1.82) is 0 Å². The average molecular weight is 313 g/mol. The Bertz CT molecular complexity index is 508. The lowest BCUT2D eigenvalue weighted by Gasteiger charge is -2.11. The molecule has 0 aliphatic heterocycles. The van der Waals surface area contributed by atoms with Crippen molar-refractivity contribution in [2.45, 2.75) is 6.92 Å². The Balaban J connectivity index is 2.31. The second kappa shape index (κ2) is 4.98. The summed E-state index contributed by atoms with van der Waals surface area (Å²) in [6, 6.07) is 11.0. The van der Waals surface area contributed by atoms with Gasteiger partial charge in [0.1, 0.15) is 11.5 Å². The molecule has 0 atom stereocenters. The maximum Gasteiger partial charge on any atom is 0.150 e. The van der Waals surface area contributed by atoms with Crippen LogP contribution in [-0.4, -0.2) is 0 Å². The number of benzene rings is 2. The number of hydrogen-bond acceptors (Lipinski definition) is 2. The zero-order chi connectivity index (χ0) is 12.4. The molecular weight excluding hydrogens is 302 g/mol. The molecule has 0 saturated heterocycles. The molecular formula is C13H11BrClNO. The van der Waals surface area contributed by atoms with E-state index in [1.165, 1.54) is 0 Å². The van der Waals surface area contributed by atoms with Gasteiger partial charge in [0.05, 0.1) is 5.69 Å². The lowest BCUT2D eigenvalue weighted by atomic mass is 10.2. The Morgan fingerprint density at radius 1 is 1.12 bits per heavy atom. The van der Waals surface area contributed by atoms with Gasteiger partial charge in [-0.2, -0.15) is 0 Å². The summed E-state index contributed by atoms with van der Waals surface area (Å²) in [6.45, 7) is 1.98. The van der Waals surface area contributed by atoms with Crippen LogP contribution in [0.2, 0.25) is 5.02 Å². The standard InChI is InChI=1S/C13H11BrClNO/c1-8-6-9(14)2-4-12(8)17-13-5-3-10(15)7-11(13)16/h2-7H,16H2,1H3. The maximum atomic E-state index is 5.83. The normalized spacial score (nSPS) is 10.3. The third kappa shape index (κ3) is 2.93. The minimum Gasteiger partial charge on any atom is -0.455 e. The third-order valence-electron chi connectivity index (χ3n) is 2.33. The van der Waals surface area contributed by atoms with Crippen molar-refractivity contribution in [3.05, 3.63) is 51.5 Å². The number of ether oxygens (including phenoxy) is 1. The van der Waals surface area contributed by atoms with Gasteiger partial charge in [-0.3, -0.25) is 0 Å². The predicted molar refractivity (Wildman–Crippen MR) is 74.8 cm³/mol. The van der Waals surface area contributed by atoms with Crippen molar-refractivity contribution in [1.82, 2.24) is 0 Å². The fourth-order valence-corrected chi connectivity index (χ4v) is 2.11. The van der Waals surface area contributed by atoms with Gasteiger partial charge in [0.15, 0.2) is 0 Å². The molecule has 0 saturated carbocycles. The minimum atomic E-state index is 0.528. The molecule has 0 aliphatic rings. The molecule has 88 valence electrons. The van der Waals surface area contributed by atoms with Crippen LogP contribution >= 0.6 is 27.5 Å². The first-order valence-electron chi connectivity index (χ1n) is 5.05. The van der Waals surface area contributed by atoms with Crippen LogP contribution in [-0.2, 0) is 0 Å². The van der Waals surface area contributed by atoms with Gasteiger partial charge in [0.2, 0.25) is 0 Å². The summed E-state index contributed by atoms with van der Waals surface area (Å²) in [6.07, 6.45) is 0. The third-order valence-corrected chi connectivity index (χ3v) is 3.06. The summed E-state index contributed by atoms with van der Waals surface area (Å²) in [4.78, 5) is 0. The van der Waals surface area contributed by atoms with E-state index in [2.05, 4.69) is 15.9 Å². The molecule has 2 rings (SSSR count). The monoisotopic (exact) mass is 311 g/mol. The molecule has 2 N–H and O–H groups in total. The number of nitrogens with two attached hydrogens (primary N) is 1. The highest BCUT2D eigenvalue weighted by Crippen LogP contribution is 2.32. The Morgan fingerprint density at radius 2 is 1.82 bits per heavy atom. The molecule has 0 fully saturated rings. The first-order valence-corrected chi connectivity index (χ1v) is 6.22. The smallest absolute Gasteiger partial charge is 0.150 e. The van der Waals surface area contributed by atoms with Gasteiger partial charge in [-0.25, -0.2) is 0 Å². The van der Waals surface area contributed by atoms with Crippen LogP contribution in [0.4, 0.5) is 5.69 Å². The van der Waals surface area contributed by atoms with Crippen molar-refractivity contribution in [2.75, 3.05) is 5.73 Å². The summed E-state index contributed by atoms with van der Waals surface area (Å²) >= 11 is 9.24. The van der Waals surface area contributed by atoms with Crippen LogP contribution in [0, 0.1) is 6.92 Å². The van der Waals surface area contributed by atoms with E-state index in [1.807, 2.05) is 25.1 Å². The number of aryl methyl sites for hydroxylation is 1. The van der Waals surface area contributed by atoms with E-state index in [9.17, 15) is 0 Å². The molecule has 2 aromatic rings. The Morgan fingerprint density at radius 3 is 2.47 bits per heavy atom. The molecule has 4 heteroatoms. The van der Waals surface area contributed by atoms with Gasteiger partial charge < -0.3 is 10.5 Å². The molecule has 0 aromatic heterocycles. The quantitative estimate of drug-likeness (QED) is 0.810. The number of anilines is 1. The van der Waals surface area contributed by atoms with Crippen molar-refractivity contribution in [3.63, 3.8) is 0 Å². The number of halogens is 2. The van der Waals surface area contributed by atoms with Crippen LogP contribution in [0.1, 0.15) is 5.56 Å². The molecule has 0 heterocycles. The minimum absolute atomic E-state index is 0.528. The Labute approximate surface area is 113 Å². The van der Waals surface area contributed by atoms with Crippen molar-refractivity contribution in [3.8, 4) is 11.5 Å². The molecule has 0 radical (unpaired) electrons. The lowest BCUT2D eigenvalue weighted by Crippen LogP contribution is -1.93. The topological polar surface area (TPSA) is 35.2 Å². The first-order chi connectivity index (χ1) is 8.06. The van der Waals surface area contributed by atoms with Gasteiger partial charge in [-0.15, -0.1) is 0 Å². The van der Waals surface area contributed by atoms with Crippen molar-refractivity contribution < 1.29 is 4.74 Å². The van der Waals surface area contributed by atoms with E-state index in [-0.39, 0.29) is 0 Å². The van der Waals surface area contributed by atoms with Crippen LogP contribution in [0.15, 0.2) is 40.9 Å². The van der Waals surface area contributed by atoms with Gasteiger partial charge >= 0.3 is 0 Å². The summed E-state index contributed by atoms with van der Waals surface area (Å²) in [5.41, 5.74) is 7.39. The van der Waals surface area contributed by atoms with Crippen LogP contribution < -0.4 is 10.5 Å². The summed E-state index contributed by atoms with van der Waals surface area (Å²) in [5.74, 6) is 1.39. The average Bonchev–Trinajstić information content (AvgIpc) is 2.25. The molecule has 0 amide bonds. The Hall–Kier alpha value is -1.19. The largest absolute Gasteiger partial charge is 0.455 e. The van der Waals surface area contributed by atoms with Crippen LogP contribution in [0.5, 0.6) is 11.5 Å². The van der Waals surface area contributed by atoms with E-state index in [0.717, 1.165) is 15.8 Å². The number of rotatable bonds is 2. The highest BCUT2D eigenvalue weighted by Gasteiger charge is 2.05. The van der Waals surface area contributed by atoms with E-state index in [0.29, 0.717) is 16.5 Å². The van der Waals surface area contributed by atoms with Gasteiger partial charge in [0, 0.05) is 9.50 Å². The van der Waals surface area contributed by atoms with Crippen molar-refractivity contribution >= 4 is 33.2 Å². The maximum absolute atomic E-state index is 5.83. The predicted octanol–water partition coefficient (Wildman–Crippen LogP) is 4.79. The highest BCUT2D eigenvalue weighted by atomic mass is 79.9. The van der Waals surface area contributed by atoms with E-state index in [4.69, 9.17) is 22.1 Å². The lowest BCUT2D eigenvalue weighted by molar-refractivity contribution is 0.481. The molecule has 2 aromatic carbocycles. The fraction of sp³-hybridized carbons (Fsp3) is 0.0769. The zero-order valence-electron chi connectivity index (χ0n) is 9.21. The van der Waals surface area contributed by atoms with Gasteiger partial charge in [-0.05, 0) is 48.9 Å². The molecule has 0 spiro atoms. The van der Waals surface area contributed by atoms with Gasteiger partial charge in [0.25, 0.3) is 0 Å². The van der Waals surface area contributed by atoms with Crippen LogP contribution in [0.25, 0.3) is 0 Å². The zero-order valence-corrected chi connectivity index (χ0v) is 11.5.